The summed E-state index contributed by atoms with van der Waals surface area (Å²) in [4.78, 5) is 23.0. The van der Waals surface area contributed by atoms with Gasteiger partial charge in [0.05, 0.1) is 0 Å². The van der Waals surface area contributed by atoms with Crippen LogP contribution >= 0.6 is 0 Å². The molecule has 0 fully saturated rings. The Morgan fingerprint density at radius 2 is 0.674 bits per heavy atom. The van der Waals surface area contributed by atoms with Gasteiger partial charge in [0.2, 0.25) is 0 Å². The molecule has 0 saturated heterocycles. The molecule has 0 aliphatic rings. The average Bonchev–Trinajstić information content (AvgIpc) is 3.04. The minimum absolute atomic E-state index is 0.0419. The quantitative estimate of drug-likeness (QED) is 0.0531. The Morgan fingerprint density at radius 3 is 1.02 bits per heavy atom. The van der Waals surface area contributed by atoms with E-state index in [4.69, 9.17) is 9.84 Å². The molecule has 0 radical (unpaired) electrons. The van der Waals surface area contributed by atoms with Crippen molar-refractivity contribution in [2.75, 3.05) is 0 Å². The van der Waals surface area contributed by atoms with Crippen LogP contribution in [0.15, 0.2) is 0 Å². The lowest BCUT2D eigenvalue weighted by molar-refractivity contribution is -0.150. The number of rotatable bonds is 39. The molecule has 0 amide bonds. The fraction of sp³-hybridized carbons (Fsp3) is 0.952. The molecule has 4 heteroatoms. The topological polar surface area (TPSA) is 63.6 Å². The number of carbonyl (C=O) groups is 2. The first kappa shape index (κ1) is 44.9. The second-order valence-corrected chi connectivity index (χ2v) is 14.5. The number of carboxylic acid groups (broad SMARTS) is 1. The molecule has 0 aliphatic heterocycles. The molecule has 274 valence electrons. The van der Waals surface area contributed by atoms with Crippen molar-refractivity contribution in [3.63, 3.8) is 0 Å². The summed E-state index contributed by atoms with van der Waals surface area (Å²) in [5.41, 5.74) is 0. The van der Waals surface area contributed by atoms with Crippen LogP contribution in [0, 0.1) is 0 Å². The minimum Gasteiger partial charge on any atom is -0.481 e. The van der Waals surface area contributed by atoms with Gasteiger partial charge >= 0.3 is 11.9 Å². The van der Waals surface area contributed by atoms with Crippen LogP contribution in [0.4, 0.5) is 0 Å². The highest BCUT2D eigenvalue weighted by Gasteiger charge is 2.14. The van der Waals surface area contributed by atoms with E-state index in [0.717, 1.165) is 38.5 Å². The summed E-state index contributed by atoms with van der Waals surface area (Å²) in [5.74, 6) is -0.622. The summed E-state index contributed by atoms with van der Waals surface area (Å²) >= 11 is 0. The van der Waals surface area contributed by atoms with Crippen molar-refractivity contribution in [3.05, 3.63) is 0 Å². The van der Waals surface area contributed by atoms with Crippen LogP contribution in [0.2, 0.25) is 0 Å². The Labute approximate surface area is 288 Å². The molecule has 0 rings (SSSR count). The zero-order valence-electron chi connectivity index (χ0n) is 31.4. The highest BCUT2D eigenvalue weighted by Crippen LogP contribution is 2.19. The Balaban J connectivity index is 3.56. The smallest absolute Gasteiger partial charge is 0.306 e. The van der Waals surface area contributed by atoms with Gasteiger partial charge in [0.15, 0.2) is 0 Å². The maximum Gasteiger partial charge on any atom is 0.306 e. The van der Waals surface area contributed by atoms with E-state index >= 15 is 0 Å². The second kappa shape index (κ2) is 38.4. The maximum absolute atomic E-state index is 12.5. The molecule has 0 saturated carbocycles. The maximum atomic E-state index is 12.5. The standard InChI is InChI=1S/C42H82O4/c1-3-5-7-8-9-10-11-12-13-14-15-20-23-26-29-32-35-39-42(45)46-40(36-6-4-2)37-33-30-27-24-21-18-16-17-19-22-25-28-31-34-38-41(43)44/h40H,3-39H2,1-2H3,(H,43,44). The van der Waals surface area contributed by atoms with Crippen molar-refractivity contribution in [1.82, 2.24) is 0 Å². The Bertz CT molecular complexity index is 619. The third kappa shape index (κ3) is 37.4. The average molecular weight is 651 g/mol. The number of aliphatic carboxylic acids is 1. The predicted molar refractivity (Wildman–Crippen MR) is 200 cm³/mol. The van der Waals surface area contributed by atoms with E-state index in [-0.39, 0.29) is 12.1 Å². The third-order valence-corrected chi connectivity index (χ3v) is 9.83. The van der Waals surface area contributed by atoms with E-state index in [1.807, 2.05) is 0 Å². The number of unbranched alkanes of at least 4 members (excludes halogenated alkanes) is 30. The van der Waals surface area contributed by atoms with Crippen molar-refractivity contribution >= 4 is 11.9 Å². The minimum atomic E-state index is -0.664. The molecule has 1 unspecified atom stereocenters. The first-order valence-corrected chi connectivity index (χ1v) is 21.0. The van der Waals surface area contributed by atoms with E-state index in [1.165, 1.54) is 186 Å². The van der Waals surface area contributed by atoms with E-state index in [2.05, 4.69) is 13.8 Å². The van der Waals surface area contributed by atoms with Crippen molar-refractivity contribution in [2.45, 2.75) is 258 Å². The fourth-order valence-electron chi connectivity index (χ4n) is 6.70. The van der Waals surface area contributed by atoms with Crippen LogP contribution in [0.25, 0.3) is 0 Å². The summed E-state index contributed by atoms with van der Waals surface area (Å²) in [6.45, 7) is 4.51. The Kier molecular flexibility index (Phi) is 37.5. The van der Waals surface area contributed by atoms with Gasteiger partial charge in [-0.15, -0.1) is 0 Å². The summed E-state index contributed by atoms with van der Waals surface area (Å²) < 4.78 is 5.95. The zero-order chi connectivity index (χ0) is 33.6. The molecular formula is C42H82O4. The number of hydrogen-bond acceptors (Lipinski definition) is 3. The van der Waals surface area contributed by atoms with Crippen molar-refractivity contribution in [1.29, 1.82) is 0 Å². The number of ether oxygens (including phenoxy) is 1. The first-order valence-electron chi connectivity index (χ1n) is 21.0. The number of hydrogen-bond donors (Lipinski definition) is 1. The van der Waals surface area contributed by atoms with Gasteiger partial charge in [0.25, 0.3) is 0 Å². The summed E-state index contributed by atoms with van der Waals surface area (Å²) in [5, 5.41) is 8.67. The third-order valence-electron chi connectivity index (χ3n) is 9.83. The van der Waals surface area contributed by atoms with Gasteiger partial charge in [0.1, 0.15) is 6.10 Å². The molecule has 46 heavy (non-hydrogen) atoms. The van der Waals surface area contributed by atoms with Gasteiger partial charge in [-0.05, 0) is 32.1 Å². The lowest BCUT2D eigenvalue weighted by atomic mass is 10.0. The number of carbonyl (C=O) groups excluding carboxylic acids is 1. The molecule has 0 aromatic heterocycles. The molecule has 0 heterocycles. The Morgan fingerprint density at radius 1 is 0.391 bits per heavy atom. The normalized spacial score (nSPS) is 12.0. The molecule has 0 aromatic carbocycles. The van der Waals surface area contributed by atoms with E-state index < -0.39 is 5.97 Å². The van der Waals surface area contributed by atoms with Crippen molar-refractivity contribution < 1.29 is 19.4 Å². The number of carboxylic acids is 1. The van der Waals surface area contributed by atoms with Crippen LogP contribution in [0.3, 0.4) is 0 Å². The largest absolute Gasteiger partial charge is 0.481 e. The van der Waals surface area contributed by atoms with E-state index in [0.29, 0.717) is 12.8 Å². The van der Waals surface area contributed by atoms with Crippen LogP contribution in [0.5, 0.6) is 0 Å². The molecule has 0 aliphatic carbocycles. The lowest BCUT2D eigenvalue weighted by Crippen LogP contribution is -2.18. The molecule has 4 nitrogen and oxygen atoms in total. The molecule has 1 N–H and O–H groups in total. The highest BCUT2D eigenvalue weighted by molar-refractivity contribution is 5.69. The van der Waals surface area contributed by atoms with Gasteiger partial charge in [-0.1, -0.05) is 206 Å². The molecular weight excluding hydrogens is 568 g/mol. The predicted octanol–water partition coefficient (Wildman–Crippen LogP) is 14.5. The van der Waals surface area contributed by atoms with E-state index in [9.17, 15) is 9.59 Å². The molecule has 0 aromatic rings. The Hall–Kier alpha value is -1.06. The van der Waals surface area contributed by atoms with Gasteiger partial charge in [-0.2, -0.15) is 0 Å². The SMILES string of the molecule is CCCCCCCCCCCCCCCCCCCC(=O)OC(CCCC)CCCCCCCCCCCCCCCCC(=O)O. The zero-order valence-corrected chi connectivity index (χ0v) is 31.4. The van der Waals surface area contributed by atoms with Crippen molar-refractivity contribution in [2.24, 2.45) is 0 Å². The highest BCUT2D eigenvalue weighted by atomic mass is 16.5. The van der Waals surface area contributed by atoms with Gasteiger partial charge in [-0.25, -0.2) is 0 Å². The van der Waals surface area contributed by atoms with Crippen molar-refractivity contribution in [3.8, 4) is 0 Å². The summed E-state index contributed by atoms with van der Waals surface area (Å²) in [7, 11) is 0. The van der Waals surface area contributed by atoms with Crippen LogP contribution in [0.1, 0.15) is 251 Å². The fourth-order valence-corrected chi connectivity index (χ4v) is 6.70. The number of esters is 1. The van der Waals surface area contributed by atoms with Gasteiger partial charge in [-0.3, -0.25) is 9.59 Å². The lowest BCUT2D eigenvalue weighted by Gasteiger charge is -2.18. The summed E-state index contributed by atoms with van der Waals surface area (Å²) in [6, 6.07) is 0. The first-order chi connectivity index (χ1) is 22.6. The molecule has 0 spiro atoms. The van der Waals surface area contributed by atoms with Gasteiger partial charge < -0.3 is 9.84 Å². The van der Waals surface area contributed by atoms with Gasteiger partial charge in [0, 0.05) is 12.8 Å². The second-order valence-electron chi connectivity index (χ2n) is 14.5. The van der Waals surface area contributed by atoms with Crippen LogP contribution < -0.4 is 0 Å². The monoisotopic (exact) mass is 651 g/mol. The summed E-state index contributed by atoms with van der Waals surface area (Å²) in [6.07, 6.45) is 46.1. The van der Waals surface area contributed by atoms with Crippen LogP contribution in [-0.4, -0.2) is 23.1 Å². The molecule has 1 atom stereocenters. The van der Waals surface area contributed by atoms with Crippen LogP contribution in [-0.2, 0) is 14.3 Å². The molecule has 0 bridgehead atoms. The van der Waals surface area contributed by atoms with E-state index in [1.54, 1.807) is 0 Å².